The van der Waals surface area contributed by atoms with E-state index in [1.807, 2.05) is 0 Å². The third-order valence-electron chi connectivity index (χ3n) is 1.87. The minimum absolute atomic E-state index is 0.295. The Morgan fingerprint density at radius 3 is 2.87 bits per heavy atom. The molecule has 15 heavy (non-hydrogen) atoms. The highest BCUT2D eigenvalue weighted by molar-refractivity contribution is 7.99. The van der Waals surface area contributed by atoms with Crippen molar-refractivity contribution in [2.24, 2.45) is 5.73 Å². The summed E-state index contributed by atoms with van der Waals surface area (Å²) in [5.74, 6) is 2.26. The van der Waals surface area contributed by atoms with E-state index in [1.54, 1.807) is 17.8 Å². The van der Waals surface area contributed by atoms with Crippen molar-refractivity contribution < 1.29 is 9.13 Å². The quantitative estimate of drug-likeness (QED) is 0.761. The maximum Gasteiger partial charge on any atom is 0.127 e. The van der Waals surface area contributed by atoms with Crippen LogP contribution in [0, 0.1) is 5.82 Å². The fourth-order valence-corrected chi connectivity index (χ4v) is 1.67. The molecule has 0 unspecified atom stereocenters. The number of thioether (sulfide) groups is 1. The molecule has 0 aliphatic carbocycles. The molecule has 0 aromatic heterocycles. The van der Waals surface area contributed by atoms with E-state index in [0.29, 0.717) is 18.9 Å². The number of hydrogen-bond donors (Lipinski definition) is 1. The molecule has 0 radical (unpaired) electrons. The average Bonchev–Trinajstić information content (AvgIpc) is 2.23. The summed E-state index contributed by atoms with van der Waals surface area (Å²) in [4.78, 5) is 0. The Morgan fingerprint density at radius 1 is 1.40 bits per heavy atom. The summed E-state index contributed by atoms with van der Waals surface area (Å²) in [5, 5.41) is 0. The highest BCUT2D eigenvalue weighted by atomic mass is 32.2. The molecule has 0 saturated carbocycles. The van der Waals surface area contributed by atoms with E-state index in [2.05, 4.69) is 6.92 Å². The fraction of sp³-hybridized carbons (Fsp3) is 0.455. The summed E-state index contributed by atoms with van der Waals surface area (Å²) in [6.07, 6.45) is 0. The van der Waals surface area contributed by atoms with Crippen LogP contribution in [0.4, 0.5) is 4.39 Å². The van der Waals surface area contributed by atoms with E-state index in [-0.39, 0.29) is 5.82 Å². The Balaban J connectivity index is 2.49. The lowest BCUT2D eigenvalue weighted by Crippen LogP contribution is -2.03. The summed E-state index contributed by atoms with van der Waals surface area (Å²) in [5.41, 5.74) is 6.20. The molecule has 0 fully saturated rings. The molecule has 0 atom stereocenters. The van der Waals surface area contributed by atoms with Crippen LogP contribution in [0.5, 0.6) is 5.75 Å². The van der Waals surface area contributed by atoms with E-state index < -0.39 is 0 Å². The van der Waals surface area contributed by atoms with Gasteiger partial charge in [0, 0.05) is 18.4 Å². The topological polar surface area (TPSA) is 35.2 Å². The lowest BCUT2D eigenvalue weighted by molar-refractivity contribution is 0.341. The highest BCUT2D eigenvalue weighted by Gasteiger charge is 2.00. The van der Waals surface area contributed by atoms with Gasteiger partial charge in [0.1, 0.15) is 11.6 Å². The molecule has 1 rings (SSSR count). The van der Waals surface area contributed by atoms with Gasteiger partial charge in [-0.1, -0.05) is 6.92 Å². The van der Waals surface area contributed by atoms with Gasteiger partial charge in [-0.3, -0.25) is 0 Å². The number of benzene rings is 1. The van der Waals surface area contributed by atoms with Crippen molar-refractivity contribution in [2.75, 3.05) is 18.1 Å². The summed E-state index contributed by atoms with van der Waals surface area (Å²) in [7, 11) is 0. The van der Waals surface area contributed by atoms with Crippen molar-refractivity contribution in [1.29, 1.82) is 0 Å². The number of nitrogens with two attached hydrogens (primary N) is 1. The van der Waals surface area contributed by atoms with E-state index >= 15 is 0 Å². The predicted octanol–water partition coefficient (Wildman–Crippen LogP) is 2.42. The first kappa shape index (κ1) is 12.3. The van der Waals surface area contributed by atoms with Gasteiger partial charge in [0.05, 0.1) is 6.61 Å². The van der Waals surface area contributed by atoms with E-state index in [1.165, 1.54) is 12.1 Å². The molecule has 0 heterocycles. The van der Waals surface area contributed by atoms with Crippen LogP contribution in [0.25, 0.3) is 0 Å². The third kappa shape index (κ3) is 4.53. The zero-order valence-electron chi connectivity index (χ0n) is 8.83. The zero-order chi connectivity index (χ0) is 11.1. The van der Waals surface area contributed by atoms with Gasteiger partial charge >= 0.3 is 0 Å². The Hall–Kier alpha value is -0.740. The molecule has 84 valence electrons. The molecular formula is C11H16FNOS. The van der Waals surface area contributed by atoms with Gasteiger partial charge < -0.3 is 10.5 Å². The summed E-state index contributed by atoms with van der Waals surface area (Å²) >= 11 is 1.80. The van der Waals surface area contributed by atoms with Crippen molar-refractivity contribution >= 4 is 11.8 Å². The monoisotopic (exact) mass is 229 g/mol. The molecule has 2 nitrogen and oxygen atoms in total. The van der Waals surface area contributed by atoms with Crippen LogP contribution in [0.15, 0.2) is 18.2 Å². The first-order chi connectivity index (χ1) is 7.26. The molecular weight excluding hydrogens is 213 g/mol. The molecule has 0 bridgehead atoms. The molecule has 0 saturated heterocycles. The second-order valence-electron chi connectivity index (χ2n) is 3.04. The first-order valence-electron chi connectivity index (χ1n) is 4.96. The molecule has 1 aromatic carbocycles. The van der Waals surface area contributed by atoms with Crippen LogP contribution in [-0.4, -0.2) is 18.1 Å². The van der Waals surface area contributed by atoms with E-state index in [0.717, 1.165) is 17.1 Å². The number of rotatable bonds is 6. The van der Waals surface area contributed by atoms with E-state index in [9.17, 15) is 4.39 Å². The molecule has 0 spiro atoms. The largest absolute Gasteiger partial charge is 0.493 e. The fourth-order valence-electron chi connectivity index (χ4n) is 1.18. The second kappa shape index (κ2) is 6.69. The van der Waals surface area contributed by atoms with Gasteiger partial charge in [0.25, 0.3) is 0 Å². The molecule has 0 aliphatic heterocycles. The SMILES string of the molecule is CCSCCOc1cc(F)cc(CN)c1. The van der Waals surface area contributed by atoms with Crippen LogP contribution >= 0.6 is 11.8 Å². The maximum atomic E-state index is 13.0. The molecule has 0 amide bonds. The van der Waals surface area contributed by atoms with Gasteiger partial charge in [0.15, 0.2) is 0 Å². The van der Waals surface area contributed by atoms with Crippen molar-refractivity contribution in [3.8, 4) is 5.75 Å². The minimum Gasteiger partial charge on any atom is -0.493 e. The Morgan fingerprint density at radius 2 is 2.20 bits per heavy atom. The standard InChI is InChI=1S/C11H16FNOS/c1-2-15-4-3-14-11-6-9(8-13)5-10(12)7-11/h5-7H,2-4,8,13H2,1H3. The third-order valence-corrected chi connectivity index (χ3v) is 2.73. The van der Waals surface area contributed by atoms with Gasteiger partial charge in [-0.05, 0) is 23.4 Å². The summed E-state index contributed by atoms with van der Waals surface area (Å²) in [6.45, 7) is 3.03. The Kier molecular flexibility index (Phi) is 5.50. The van der Waals surface area contributed by atoms with Gasteiger partial charge in [-0.25, -0.2) is 4.39 Å². The van der Waals surface area contributed by atoms with Crippen LogP contribution in [0.3, 0.4) is 0 Å². The van der Waals surface area contributed by atoms with Crippen molar-refractivity contribution in [1.82, 2.24) is 0 Å². The predicted molar refractivity (Wildman–Crippen MR) is 62.8 cm³/mol. The Bertz CT molecular complexity index is 307. The molecule has 4 heteroatoms. The second-order valence-corrected chi connectivity index (χ2v) is 4.44. The molecule has 2 N–H and O–H groups in total. The summed E-state index contributed by atoms with van der Waals surface area (Å²) in [6, 6.07) is 4.59. The first-order valence-corrected chi connectivity index (χ1v) is 6.11. The zero-order valence-corrected chi connectivity index (χ0v) is 9.65. The highest BCUT2D eigenvalue weighted by Crippen LogP contribution is 2.16. The lowest BCUT2D eigenvalue weighted by atomic mass is 10.2. The van der Waals surface area contributed by atoms with Gasteiger partial charge in [-0.2, -0.15) is 11.8 Å². The number of halogens is 1. The average molecular weight is 229 g/mol. The van der Waals surface area contributed by atoms with Crippen LogP contribution in [0.1, 0.15) is 12.5 Å². The molecule has 1 aromatic rings. The van der Waals surface area contributed by atoms with Crippen LogP contribution < -0.4 is 10.5 Å². The lowest BCUT2D eigenvalue weighted by Gasteiger charge is -2.07. The number of ether oxygens (including phenoxy) is 1. The smallest absolute Gasteiger partial charge is 0.127 e. The Labute approximate surface area is 94.0 Å². The van der Waals surface area contributed by atoms with Crippen LogP contribution in [0.2, 0.25) is 0 Å². The van der Waals surface area contributed by atoms with Gasteiger partial charge in [0.2, 0.25) is 0 Å². The van der Waals surface area contributed by atoms with Crippen LogP contribution in [-0.2, 0) is 6.54 Å². The van der Waals surface area contributed by atoms with Crippen molar-refractivity contribution in [3.05, 3.63) is 29.6 Å². The maximum absolute atomic E-state index is 13.0. The van der Waals surface area contributed by atoms with Crippen molar-refractivity contribution in [3.63, 3.8) is 0 Å². The minimum atomic E-state index is -0.295. The molecule has 0 aliphatic rings. The number of hydrogen-bond acceptors (Lipinski definition) is 3. The summed E-state index contributed by atoms with van der Waals surface area (Å²) < 4.78 is 18.5. The van der Waals surface area contributed by atoms with Crippen molar-refractivity contribution in [2.45, 2.75) is 13.5 Å². The van der Waals surface area contributed by atoms with E-state index in [4.69, 9.17) is 10.5 Å². The van der Waals surface area contributed by atoms with Gasteiger partial charge in [-0.15, -0.1) is 0 Å². The normalized spacial score (nSPS) is 10.3.